The van der Waals surface area contributed by atoms with Gasteiger partial charge in [0, 0.05) is 11.7 Å². The highest BCUT2D eigenvalue weighted by Crippen LogP contribution is 2.13. The first-order valence-electron chi connectivity index (χ1n) is 5.69. The predicted molar refractivity (Wildman–Crippen MR) is 70.1 cm³/mol. The van der Waals surface area contributed by atoms with Gasteiger partial charge in [0.15, 0.2) is 0 Å². The van der Waals surface area contributed by atoms with Gasteiger partial charge in [-0.05, 0) is 43.5 Å². The lowest BCUT2D eigenvalue weighted by atomic mass is 10.1. The van der Waals surface area contributed by atoms with E-state index in [2.05, 4.69) is 18.6 Å². The minimum absolute atomic E-state index is 0.0717. The summed E-state index contributed by atoms with van der Waals surface area (Å²) in [5.74, 6) is 0.458. The minimum Gasteiger partial charge on any atom is -0.399 e. The number of hydrogen-bond donors (Lipinski definition) is 2. The fraction of sp³-hybridized carbons (Fsp3) is 0.500. The Labute approximate surface area is 103 Å². The normalized spacial score (nSPS) is 13.9. The highest BCUT2D eigenvalue weighted by molar-refractivity contribution is 7.89. The van der Waals surface area contributed by atoms with Gasteiger partial charge in [-0.15, -0.1) is 0 Å². The van der Waals surface area contributed by atoms with Crippen LogP contribution in [-0.2, 0) is 10.0 Å². The van der Waals surface area contributed by atoms with Crippen LogP contribution >= 0.6 is 0 Å². The maximum absolute atomic E-state index is 12.0. The van der Waals surface area contributed by atoms with E-state index in [0.717, 1.165) is 6.42 Å². The third kappa shape index (κ3) is 4.36. The highest BCUT2D eigenvalue weighted by atomic mass is 32.2. The summed E-state index contributed by atoms with van der Waals surface area (Å²) in [7, 11) is -3.43. The lowest BCUT2D eigenvalue weighted by molar-refractivity contribution is 0.482. The molecule has 0 spiro atoms. The molecule has 1 atom stereocenters. The standard InChI is InChI=1S/C12H20N2O2S/c1-9(2)8-10(3)14-17(15,16)12-6-4-11(13)5-7-12/h4-7,9-10,14H,8,13H2,1-3H3. The molecule has 0 saturated heterocycles. The van der Waals surface area contributed by atoms with Gasteiger partial charge in [-0.3, -0.25) is 0 Å². The number of nitrogens with one attached hydrogen (secondary N) is 1. The second-order valence-electron chi connectivity index (χ2n) is 4.72. The Hall–Kier alpha value is -1.07. The molecule has 0 fully saturated rings. The van der Waals surface area contributed by atoms with Crippen LogP contribution in [0, 0.1) is 5.92 Å². The fourth-order valence-corrected chi connectivity index (χ4v) is 2.99. The van der Waals surface area contributed by atoms with E-state index in [9.17, 15) is 8.42 Å². The lowest BCUT2D eigenvalue weighted by Gasteiger charge is -2.16. The van der Waals surface area contributed by atoms with E-state index < -0.39 is 10.0 Å². The van der Waals surface area contributed by atoms with Crippen molar-refractivity contribution in [3.63, 3.8) is 0 Å². The van der Waals surface area contributed by atoms with E-state index in [-0.39, 0.29) is 10.9 Å². The van der Waals surface area contributed by atoms with Crippen LogP contribution in [0.3, 0.4) is 0 Å². The average molecular weight is 256 g/mol. The lowest BCUT2D eigenvalue weighted by Crippen LogP contribution is -2.33. The zero-order valence-electron chi connectivity index (χ0n) is 10.5. The van der Waals surface area contributed by atoms with Crippen LogP contribution in [0.2, 0.25) is 0 Å². The van der Waals surface area contributed by atoms with Crippen molar-refractivity contribution in [1.82, 2.24) is 4.72 Å². The summed E-state index contributed by atoms with van der Waals surface area (Å²) in [6.07, 6.45) is 0.814. The van der Waals surface area contributed by atoms with Gasteiger partial charge in [-0.1, -0.05) is 13.8 Å². The van der Waals surface area contributed by atoms with E-state index in [4.69, 9.17) is 5.73 Å². The van der Waals surface area contributed by atoms with E-state index in [1.807, 2.05) is 6.92 Å². The molecule has 0 radical (unpaired) electrons. The van der Waals surface area contributed by atoms with Gasteiger partial charge in [0.05, 0.1) is 4.90 Å². The van der Waals surface area contributed by atoms with Gasteiger partial charge < -0.3 is 5.73 Å². The molecular formula is C12H20N2O2S. The van der Waals surface area contributed by atoms with Gasteiger partial charge in [0.25, 0.3) is 0 Å². The molecule has 0 heterocycles. The summed E-state index contributed by atoms with van der Waals surface area (Å²) in [6.45, 7) is 6.00. The number of nitrogen functional groups attached to an aromatic ring is 1. The van der Waals surface area contributed by atoms with Crippen LogP contribution in [0.25, 0.3) is 0 Å². The molecule has 1 rings (SSSR count). The Balaban J connectivity index is 2.78. The summed E-state index contributed by atoms with van der Waals surface area (Å²) < 4.78 is 26.6. The monoisotopic (exact) mass is 256 g/mol. The number of nitrogens with two attached hydrogens (primary N) is 1. The van der Waals surface area contributed by atoms with Crippen LogP contribution in [0.5, 0.6) is 0 Å². The smallest absolute Gasteiger partial charge is 0.240 e. The molecule has 96 valence electrons. The van der Waals surface area contributed by atoms with Gasteiger partial charge in [0.1, 0.15) is 0 Å². The first-order valence-corrected chi connectivity index (χ1v) is 7.17. The molecular weight excluding hydrogens is 236 g/mol. The van der Waals surface area contributed by atoms with Crippen molar-refractivity contribution in [3.05, 3.63) is 24.3 Å². The zero-order chi connectivity index (χ0) is 13.1. The molecule has 0 bridgehead atoms. The van der Waals surface area contributed by atoms with Crippen LogP contribution in [0.1, 0.15) is 27.2 Å². The molecule has 0 saturated carbocycles. The third-order valence-corrected chi connectivity index (χ3v) is 3.98. The van der Waals surface area contributed by atoms with Crippen LogP contribution in [0.4, 0.5) is 5.69 Å². The van der Waals surface area contributed by atoms with Gasteiger partial charge >= 0.3 is 0 Å². The van der Waals surface area contributed by atoms with Gasteiger partial charge in [0.2, 0.25) is 10.0 Å². The van der Waals surface area contributed by atoms with Crippen molar-refractivity contribution in [1.29, 1.82) is 0 Å². The number of benzene rings is 1. The molecule has 0 aliphatic rings. The largest absolute Gasteiger partial charge is 0.399 e. The van der Waals surface area contributed by atoms with E-state index in [1.54, 1.807) is 12.1 Å². The van der Waals surface area contributed by atoms with Crippen LogP contribution in [0.15, 0.2) is 29.2 Å². The van der Waals surface area contributed by atoms with Crippen molar-refractivity contribution in [2.75, 3.05) is 5.73 Å². The summed E-state index contributed by atoms with van der Waals surface area (Å²) >= 11 is 0. The SMILES string of the molecule is CC(C)CC(C)NS(=O)(=O)c1ccc(N)cc1. The third-order valence-electron chi connectivity index (χ3n) is 2.37. The summed E-state index contributed by atoms with van der Waals surface area (Å²) in [5, 5.41) is 0. The molecule has 1 aromatic carbocycles. The minimum atomic E-state index is -3.43. The Morgan fingerprint density at radius 3 is 2.18 bits per heavy atom. The van der Waals surface area contributed by atoms with Gasteiger partial charge in [-0.25, -0.2) is 13.1 Å². The molecule has 17 heavy (non-hydrogen) atoms. The molecule has 3 N–H and O–H groups in total. The Kier molecular flexibility index (Phi) is 4.54. The summed E-state index contributed by atoms with van der Waals surface area (Å²) in [5.41, 5.74) is 6.08. The molecule has 0 aliphatic heterocycles. The first-order chi connectivity index (χ1) is 7.81. The number of hydrogen-bond acceptors (Lipinski definition) is 3. The summed E-state index contributed by atoms with van der Waals surface area (Å²) in [6, 6.07) is 6.13. The molecule has 1 unspecified atom stereocenters. The number of sulfonamides is 1. The second-order valence-corrected chi connectivity index (χ2v) is 6.43. The Bertz CT molecular complexity index is 452. The molecule has 1 aromatic rings. The fourth-order valence-electron chi connectivity index (χ4n) is 1.74. The van der Waals surface area contributed by atoms with E-state index >= 15 is 0 Å². The van der Waals surface area contributed by atoms with Crippen molar-refractivity contribution in [2.24, 2.45) is 5.92 Å². The van der Waals surface area contributed by atoms with Crippen molar-refractivity contribution in [3.8, 4) is 0 Å². The Morgan fingerprint density at radius 1 is 1.18 bits per heavy atom. The Morgan fingerprint density at radius 2 is 1.71 bits per heavy atom. The van der Waals surface area contributed by atoms with E-state index in [1.165, 1.54) is 12.1 Å². The van der Waals surface area contributed by atoms with Crippen LogP contribution < -0.4 is 10.5 Å². The number of rotatable bonds is 5. The van der Waals surface area contributed by atoms with E-state index in [0.29, 0.717) is 11.6 Å². The maximum atomic E-state index is 12.0. The van der Waals surface area contributed by atoms with Crippen molar-refractivity contribution < 1.29 is 8.42 Å². The highest BCUT2D eigenvalue weighted by Gasteiger charge is 2.17. The second kappa shape index (κ2) is 5.51. The molecule has 0 aromatic heterocycles. The summed E-state index contributed by atoms with van der Waals surface area (Å²) in [4.78, 5) is 0.252. The predicted octanol–water partition coefficient (Wildman–Crippen LogP) is 1.98. The first kappa shape index (κ1) is 14.0. The zero-order valence-corrected chi connectivity index (χ0v) is 11.3. The average Bonchev–Trinajstić information content (AvgIpc) is 2.15. The van der Waals surface area contributed by atoms with Crippen molar-refractivity contribution >= 4 is 15.7 Å². The molecule has 0 amide bonds. The maximum Gasteiger partial charge on any atom is 0.240 e. The quantitative estimate of drug-likeness (QED) is 0.791. The topological polar surface area (TPSA) is 72.2 Å². The van der Waals surface area contributed by atoms with Crippen molar-refractivity contribution in [2.45, 2.75) is 38.1 Å². The molecule has 4 nitrogen and oxygen atoms in total. The van der Waals surface area contributed by atoms with Gasteiger partial charge in [-0.2, -0.15) is 0 Å². The molecule has 0 aliphatic carbocycles. The molecule has 5 heteroatoms. The van der Waals surface area contributed by atoms with Crippen LogP contribution in [-0.4, -0.2) is 14.5 Å². The number of anilines is 1.